The van der Waals surface area contributed by atoms with Gasteiger partial charge in [-0.15, -0.1) is 0 Å². The lowest BCUT2D eigenvalue weighted by Crippen LogP contribution is -2.43. The summed E-state index contributed by atoms with van der Waals surface area (Å²) in [5.41, 5.74) is 0.773. The molecule has 0 aliphatic rings. The minimum Gasteiger partial charge on any atom is -0.496 e. The second-order valence-electron chi connectivity index (χ2n) is 5.68. The Morgan fingerprint density at radius 3 is 2.08 bits per heavy atom. The quantitative estimate of drug-likeness (QED) is 0.721. The van der Waals surface area contributed by atoms with Crippen LogP contribution in [0.3, 0.4) is 0 Å². The van der Waals surface area contributed by atoms with E-state index in [-0.39, 0.29) is 16.9 Å². The fourth-order valence-corrected chi connectivity index (χ4v) is 3.38. The number of ether oxygens (including phenoxy) is 3. The van der Waals surface area contributed by atoms with Crippen molar-refractivity contribution in [3.63, 3.8) is 0 Å². The van der Waals surface area contributed by atoms with E-state index < -0.39 is 6.04 Å². The number of hydrogen-bond donors (Lipinski definition) is 1. The largest absolute Gasteiger partial charge is 0.496 e. The third-order valence-electron chi connectivity index (χ3n) is 4.00. The van der Waals surface area contributed by atoms with Crippen LogP contribution in [0.25, 0.3) is 0 Å². The Hall–Kier alpha value is -1.89. The van der Waals surface area contributed by atoms with Crippen LogP contribution in [0.1, 0.15) is 32.8 Å². The first-order valence-electron chi connectivity index (χ1n) is 8.10. The summed E-state index contributed by atoms with van der Waals surface area (Å²) < 4.78 is 16.0. The molecule has 0 saturated heterocycles. The van der Waals surface area contributed by atoms with Crippen LogP contribution in [-0.4, -0.2) is 38.4 Å². The van der Waals surface area contributed by atoms with E-state index in [0.29, 0.717) is 23.0 Å². The van der Waals surface area contributed by atoms with Crippen molar-refractivity contribution in [2.45, 2.75) is 39.0 Å². The molecule has 0 radical (unpaired) electrons. The molecule has 0 aliphatic heterocycles. The number of thioether (sulfide) groups is 1. The molecular weight excluding hydrogens is 342 g/mol. The molecule has 0 heterocycles. The normalized spacial score (nSPS) is 12.9. The second-order valence-corrected chi connectivity index (χ2v) is 6.66. The van der Waals surface area contributed by atoms with Crippen LogP contribution in [0, 0.1) is 5.92 Å². The van der Waals surface area contributed by atoms with E-state index in [2.05, 4.69) is 5.32 Å². The van der Waals surface area contributed by atoms with Gasteiger partial charge in [-0.25, -0.2) is 0 Å². The highest BCUT2D eigenvalue weighted by molar-refractivity contribution is 8.13. The molecule has 0 aliphatic carbocycles. The first-order valence-corrected chi connectivity index (χ1v) is 9.09. The van der Waals surface area contributed by atoms with E-state index in [9.17, 15) is 9.59 Å². The van der Waals surface area contributed by atoms with Gasteiger partial charge in [0.25, 0.3) is 0 Å². The number of rotatable bonds is 9. The summed E-state index contributed by atoms with van der Waals surface area (Å²) in [5, 5.41) is 2.67. The van der Waals surface area contributed by atoms with Gasteiger partial charge in [0.1, 0.15) is 23.3 Å². The van der Waals surface area contributed by atoms with Gasteiger partial charge in [-0.1, -0.05) is 32.0 Å². The van der Waals surface area contributed by atoms with Gasteiger partial charge in [0, 0.05) is 30.4 Å². The summed E-state index contributed by atoms with van der Waals surface area (Å²) in [6.45, 7) is 5.36. The third kappa shape index (κ3) is 5.85. The lowest BCUT2D eigenvalue weighted by atomic mass is 10.0. The summed E-state index contributed by atoms with van der Waals surface area (Å²) in [4.78, 5) is 24.0. The molecule has 0 aromatic heterocycles. The minimum atomic E-state index is -0.511. The van der Waals surface area contributed by atoms with Gasteiger partial charge in [-0.05, 0) is 5.92 Å². The molecule has 2 atom stereocenters. The third-order valence-corrected chi connectivity index (χ3v) is 4.97. The molecule has 1 rings (SSSR count). The number of carbonyl (C=O) groups excluding carboxylic acids is 2. The number of amides is 1. The maximum atomic E-state index is 12.6. The van der Waals surface area contributed by atoms with E-state index in [1.807, 2.05) is 13.8 Å². The lowest BCUT2D eigenvalue weighted by Gasteiger charge is -2.22. The number of nitrogens with one attached hydrogen (secondary N) is 1. The Bertz CT molecular complexity index is 580. The van der Waals surface area contributed by atoms with Crippen LogP contribution >= 0.6 is 11.8 Å². The average Bonchev–Trinajstić information content (AvgIpc) is 2.62. The molecule has 0 fully saturated rings. The lowest BCUT2D eigenvalue weighted by molar-refractivity contribution is -0.123. The van der Waals surface area contributed by atoms with Crippen LogP contribution in [-0.2, 0) is 15.3 Å². The number of methoxy groups -OCH3 is 3. The van der Waals surface area contributed by atoms with Crippen LogP contribution in [0.5, 0.6) is 17.2 Å². The van der Waals surface area contributed by atoms with Crippen LogP contribution < -0.4 is 19.5 Å². The van der Waals surface area contributed by atoms with E-state index in [4.69, 9.17) is 14.2 Å². The molecule has 6 nitrogen and oxygen atoms in total. The van der Waals surface area contributed by atoms with E-state index in [1.165, 1.54) is 6.92 Å². The van der Waals surface area contributed by atoms with Crippen molar-refractivity contribution < 1.29 is 23.8 Å². The van der Waals surface area contributed by atoms with Crippen molar-refractivity contribution >= 4 is 22.8 Å². The fraction of sp³-hybridized carbons (Fsp3) is 0.556. The molecule has 1 N–H and O–H groups in total. The number of carbonyl (C=O) groups is 2. The summed E-state index contributed by atoms with van der Waals surface area (Å²) in [7, 11) is 4.68. The second kappa shape index (κ2) is 10.2. The highest BCUT2D eigenvalue weighted by atomic mass is 32.2. The molecule has 1 aromatic rings. The maximum Gasteiger partial charge on any atom is 0.217 e. The Morgan fingerprint density at radius 2 is 1.68 bits per heavy atom. The molecule has 7 heteroatoms. The average molecular weight is 369 g/mol. The topological polar surface area (TPSA) is 73.9 Å². The van der Waals surface area contributed by atoms with Crippen molar-refractivity contribution in [3.05, 3.63) is 17.7 Å². The summed E-state index contributed by atoms with van der Waals surface area (Å²) in [6.07, 6.45) is 0.798. The van der Waals surface area contributed by atoms with Crippen LogP contribution in [0.4, 0.5) is 0 Å². The van der Waals surface area contributed by atoms with Gasteiger partial charge in [0.05, 0.1) is 21.3 Å². The summed E-state index contributed by atoms with van der Waals surface area (Å²) in [6, 6.07) is 2.99. The Kier molecular flexibility index (Phi) is 8.61. The monoisotopic (exact) mass is 369 g/mol. The maximum absolute atomic E-state index is 12.6. The summed E-state index contributed by atoms with van der Waals surface area (Å²) in [5.74, 6) is 2.03. The SMILES string of the molecule is CC[C@@H](C)[C@H](NC(C)=O)C(=O)SCc1c(OC)cc(OC)cc1OC. The number of hydrogen-bond acceptors (Lipinski definition) is 6. The van der Waals surface area contributed by atoms with E-state index >= 15 is 0 Å². The number of benzene rings is 1. The molecular formula is C18H27NO5S. The zero-order valence-corrected chi connectivity index (χ0v) is 16.5. The standard InChI is InChI=1S/C18H27NO5S/c1-7-11(2)17(19-12(3)20)18(21)25-10-14-15(23-5)8-13(22-4)9-16(14)24-6/h8-9,11,17H,7,10H2,1-6H3,(H,19,20)/t11-,17+/m1/s1. The van der Waals surface area contributed by atoms with Crippen molar-refractivity contribution in [2.24, 2.45) is 5.92 Å². The summed E-state index contributed by atoms with van der Waals surface area (Å²) >= 11 is 1.14. The molecule has 140 valence electrons. The molecule has 0 bridgehead atoms. The molecule has 0 spiro atoms. The van der Waals surface area contributed by atoms with Gasteiger partial charge >= 0.3 is 0 Å². The van der Waals surface area contributed by atoms with E-state index in [0.717, 1.165) is 23.7 Å². The van der Waals surface area contributed by atoms with Gasteiger partial charge < -0.3 is 19.5 Å². The Balaban J connectivity index is 2.98. The Labute approximate surface area is 153 Å². The molecule has 25 heavy (non-hydrogen) atoms. The van der Waals surface area contributed by atoms with Gasteiger partial charge in [0.2, 0.25) is 11.0 Å². The van der Waals surface area contributed by atoms with Gasteiger partial charge in [0.15, 0.2) is 0 Å². The van der Waals surface area contributed by atoms with Gasteiger partial charge in [-0.3, -0.25) is 9.59 Å². The van der Waals surface area contributed by atoms with Crippen LogP contribution in [0.15, 0.2) is 12.1 Å². The zero-order valence-electron chi connectivity index (χ0n) is 15.7. The van der Waals surface area contributed by atoms with Crippen molar-refractivity contribution in [1.82, 2.24) is 5.32 Å². The first-order chi connectivity index (χ1) is 11.9. The van der Waals surface area contributed by atoms with E-state index in [1.54, 1.807) is 33.5 Å². The van der Waals surface area contributed by atoms with Gasteiger partial charge in [-0.2, -0.15) is 0 Å². The predicted octanol–water partition coefficient (Wildman–Crippen LogP) is 3.02. The highest BCUT2D eigenvalue weighted by Crippen LogP contribution is 2.37. The van der Waals surface area contributed by atoms with Crippen molar-refractivity contribution in [2.75, 3.05) is 21.3 Å². The molecule has 1 aromatic carbocycles. The molecule has 1 amide bonds. The fourth-order valence-electron chi connectivity index (χ4n) is 2.34. The predicted molar refractivity (Wildman–Crippen MR) is 99.5 cm³/mol. The van der Waals surface area contributed by atoms with Crippen molar-refractivity contribution in [3.8, 4) is 17.2 Å². The zero-order chi connectivity index (χ0) is 19.0. The first kappa shape index (κ1) is 21.2. The molecule has 0 unspecified atom stereocenters. The van der Waals surface area contributed by atoms with Crippen molar-refractivity contribution in [1.29, 1.82) is 0 Å². The molecule has 0 saturated carbocycles. The Morgan fingerprint density at radius 1 is 1.12 bits per heavy atom. The minimum absolute atomic E-state index is 0.0589. The van der Waals surface area contributed by atoms with Crippen LogP contribution in [0.2, 0.25) is 0 Å². The highest BCUT2D eigenvalue weighted by Gasteiger charge is 2.26. The smallest absolute Gasteiger partial charge is 0.217 e.